The van der Waals surface area contributed by atoms with Gasteiger partial charge in [-0.3, -0.25) is 4.98 Å². The van der Waals surface area contributed by atoms with Crippen LogP contribution in [-0.2, 0) is 19.1 Å². The molecule has 2 aromatic rings. The lowest BCUT2D eigenvalue weighted by Gasteiger charge is -2.13. The first-order valence-electron chi connectivity index (χ1n) is 9.07. The number of hydrazine groups is 1. The van der Waals surface area contributed by atoms with E-state index in [9.17, 15) is 13.2 Å². The number of hydrogen-bond acceptors (Lipinski definition) is 5. The summed E-state index contributed by atoms with van der Waals surface area (Å²) in [7, 11) is 0. The van der Waals surface area contributed by atoms with Gasteiger partial charge in [-0.05, 0) is 48.7 Å². The number of pyridine rings is 1. The molecule has 0 bridgehead atoms. The van der Waals surface area contributed by atoms with Gasteiger partial charge in [0.15, 0.2) is 0 Å². The molecule has 0 atom stereocenters. The first-order chi connectivity index (χ1) is 13.8. The molecule has 4 nitrogen and oxygen atoms in total. The lowest BCUT2D eigenvalue weighted by Crippen LogP contribution is -2.24. The maximum absolute atomic E-state index is 12.6. The maximum atomic E-state index is 12.6. The Hall–Kier alpha value is -2.45. The zero-order chi connectivity index (χ0) is 21.3. The van der Waals surface area contributed by atoms with Crippen molar-refractivity contribution in [2.24, 2.45) is 11.6 Å². The van der Waals surface area contributed by atoms with Crippen molar-refractivity contribution in [3.8, 4) is 0 Å². The number of aromatic nitrogens is 1. The SMILES string of the molecule is Cc1cc(CN(N)/C=C\CCS/C(=C\N)Cc2ccc(C(F)(F)F)cc2)ccn1. The second-order valence-corrected chi connectivity index (χ2v) is 7.73. The number of halogens is 3. The molecule has 0 fully saturated rings. The lowest BCUT2D eigenvalue weighted by molar-refractivity contribution is -0.137. The average Bonchev–Trinajstić information content (AvgIpc) is 2.66. The van der Waals surface area contributed by atoms with Gasteiger partial charge in [0.05, 0.1) is 12.1 Å². The molecule has 0 saturated carbocycles. The Bertz CT molecular complexity index is 833. The van der Waals surface area contributed by atoms with E-state index in [1.54, 1.807) is 23.0 Å². The van der Waals surface area contributed by atoms with Gasteiger partial charge in [0, 0.05) is 41.4 Å². The summed E-state index contributed by atoms with van der Waals surface area (Å²) in [6.07, 6.45) is 4.05. The Morgan fingerprint density at radius 2 is 1.90 bits per heavy atom. The third-order valence-electron chi connectivity index (χ3n) is 4.04. The molecule has 0 aliphatic carbocycles. The number of hydrogen-bond donors (Lipinski definition) is 2. The van der Waals surface area contributed by atoms with Crippen LogP contribution in [0.3, 0.4) is 0 Å². The van der Waals surface area contributed by atoms with Gasteiger partial charge >= 0.3 is 6.18 Å². The predicted molar refractivity (Wildman–Crippen MR) is 112 cm³/mol. The molecule has 0 amide bonds. The van der Waals surface area contributed by atoms with Gasteiger partial charge in [-0.15, -0.1) is 11.8 Å². The third-order valence-corrected chi connectivity index (χ3v) is 5.13. The summed E-state index contributed by atoms with van der Waals surface area (Å²) in [5.74, 6) is 6.77. The molecule has 0 aliphatic rings. The van der Waals surface area contributed by atoms with Crippen LogP contribution in [0.15, 0.2) is 66.0 Å². The van der Waals surface area contributed by atoms with E-state index in [2.05, 4.69) is 4.98 Å². The van der Waals surface area contributed by atoms with E-state index in [4.69, 9.17) is 11.6 Å². The van der Waals surface area contributed by atoms with Gasteiger partial charge in [-0.1, -0.05) is 18.2 Å². The van der Waals surface area contributed by atoms with E-state index in [1.165, 1.54) is 18.3 Å². The molecule has 0 spiro atoms. The number of nitrogens with zero attached hydrogens (tertiary/aromatic N) is 2. The molecule has 29 heavy (non-hydrogen) atoms. The molecule has 0 aliphatic heterocycles. The van der Waals surface area contributed by atoms with Crippen molar-refractivity contribution in [2.75, 3.05) is 5.75 Å². The van der Waals surface area contributed by atoms with Crippen LogP contribution in [0.25, 0.3) is 0 Å². The number of thioether (sulfide) groups is 1. The van der Waals surface area contributed by atoms with Gasteiger partial charge in [0.1, 0.15) is 0 Å². The normalized spacial score (nSPS) is 12.5. The fourth-order valence-electron chi connectivity index (χ4n) is 2.60. The molecule has 0 saturated heterocycles. The van der Waals surface area contributed by atoms with Gasteiger partial charge < -0.3 is 10.7 Å². The second kappa shape index (κ2) is 10.9. The first kappa shape index (κ1) is 22.8. The van der Waals surface area contributed by atoms with E-state index in [1.807, 2.05) is 31.3 Å². The number of benzene rings is 1. The highest BCUT2D eigenvalue weighted by atomic mass is 32.2. The Labute approximate surface area is 173 Å². The minimum absolute atomic E-state index is 0.507. The molecular formula is C21H25F3N4S. The number of nitrogens with two attached hydrogens (primary N) is 2. The van der Waals surface area contributed by atoms with E-state index < -0.39 is 11.7 Å². The van der Waals surface area contributed by atoms with Crippen molar-refractivity contribution >= 4 is 11.8 Å². The van der Waals surface area contributed by atoms with Crippen LogP contribution in [0, 0.1) is 6.92 Å². The fraction of sp³-hybridized carbons (Fsp3) is 0.286. The Balaban J connectivity index is 1.74. The highest BCUT2D eigenvalue weighted by Crippen LogP contribution is 2.30. The zero-order valence-electron chi connectivity index (χ0n) is 16.2. The van der Waals surface area contributed by atoms with Crippen LogP contribution in [0.1, 0.15) is 28.8 Å². The summed E-state index contributed by atoms with van der Waals surface area (Å²) in [5, 5.41) is 1.61. The largest absolute Gasteiger partial charge is 0.416 e. The monoisotopic (exact) mass is 422 g/mol. The minimum Gasteiger partial charge on any atom is -0.404 e. The number of allylic oxidation sites excluding steroid dienone is 2. The van der Waals surface area contributed by atoms with Crippen molar-refractivity contribution in [3.05, 3.63) is 88.4 Å². The van der Waals surface area contributed by atoms with Crippen LogP contribution < -0.4 is 11.6 Å². The number of alkyl halides is 3. The fourth-order valence-corrected chi connectivity index (χ4v) is 3.49. The molecule has 0 radical (unpaired) electrons. The zero-order valence-corrected chi connectivity index (χ0v) is 17.0. The van der Waals surface area contributed by atoms with Crippen molar-refractivity contribution in [2.45, 2.75) is 32.5 Å². The average molecular weight is 423 g/mol. The number of aryl methyl sites for hydroxylation is 1. The first-order valence-corrected chi connectivity index (χ1v) is 10.1. The van der Waals surface area contributed by atoms with Gasteiger partial charge in [0.25, 0.3) is 0 Å². The highest BCUT2D eigenvalue weighted by Gasteiger charge is 2.29. The topological polar surface area (TPSA) is 68.2 Å². The molecule has 0 unspecified atom stereocenters. The number of rotatable bonds is 9. The van der Waals surface area contributed by atoms with Crippen molar-refractivity contribution in [1.82, 2.24) is 9.99 Å². The summed E-state index contributed by atoms with van der Waals surface area (Å²) >= 11 is 1.58. The van der Waals surface area contributed by atoms with Crippen molar-refractivity contribution < 1.29 is 13.2 Å². The Morgan fingerprint density at radius 1 is 1.17 bits per heavy atom. The van der Waals surface area contributed by atoms with Crippen molar-refractivity contribution in [1.29, 1.82) is 0 Å². The van der Waals surface area contributed by atoms with Crippen molar-refractivity contribution in [3.63, 3.8) is 0 Å². The highest BCUT2D eigenvalue weighted by molar-refractivity contribution is 8.03. The molecule has 2 rings (SSSR count). The minimum atomic E-state index is -4.32. The van der Waals surface area contributed by atoms with Gasteiger partial charge in [-0.25, -0.2) is 5.84 Å². The molecule has 8 heteroatoms. The van der Waals surface area contributed by atoms with Crippen LogP contribution in [0.4, 0.5) is 13.2 Å². The van der Waals surface area contributed by atoms with E-state index in [0.717, 1.165) is 46.0 Å². The van der Waals surface area contributed by atoms with Crippen LogP contribution in [0.2, 0.25) is 0 Å². The standard InChI is InChI=1S/C21H25F3N4S/c1-16-12-18(8-9-27-16)15-28(26)10-2-3-11-29-20(14-25)13-17-4-6-19(7-5-17)21(22,23)24/h2,4-10,12,14H,3,11,13,15,25-26H2,1H3/b10-2-,20-14-. The summed E-state index contributed by atoms with van der Waals surface area (Å²) in [6.45, 7) is 2.53. The molecular weight excluding hydrogens is 397 g/mol. The molecule has 156 valence electrons. The van der Waals surface area contributed by atoms with Crippen LogP contribution >= 0.6 is 11.8 Å². The maximum Gasteiger partial charge on any atom is 0.416 e. The van der Waals surface area contributed by atoms with Gasteiger partial charge in [0.2, 0.25) is 0 Å². The molecule has 1 aromatic heterocycles. The van der Waals surface area contributed by atoms with Crippen LogP contribution in [-0.4, -0.2) is 15.7 Å². The smallest absolute Gasteiger partial charge is 0.404 e. The summed E-state index contributed by atoms with van der Waals surface area (Å²) in [4.78, 5) is 5.07. The quantitative estimate of drug-likeness (QED) is 0.346. The van der Waals surface area contributed by atoms with E-state index in [-0.39, 0.29) is 0 Å². The Kier molecular flexibility index (Phi) is 8.60. The van der Waals surface area contributed by atoms with E-state index in [0.29, 0.717) is 13.0 Å². The van der Waals surface area contributed by atoms with Gasteiger partial charge in [-0.2, -0.15) is 13.2 Å². The predicted octanol–water partition coefficient (Wildman–Crippen LogP) is 4.76. The summed E-state index contributed by atoms with van der Waals surface area (Å²) in [6, 6.07) is 9.08. The van der Waals surface area contributed by atoms with E-state index >= 15 is 0 Å². The lowest BCUT2D eigenvalue weighted by atomic mass is 10.1. The summed E-state index contributed by atoms with van der Waals surface area (Å²) in [5.41, 5.74) is 7.85. The third kappa shape index (κ3) is 8.21. The Morgan fingerprint density at radius 3 is 2.52 bits per heavy atom. The van der Waals surface area contributed by atoms with Crippen LogP contribution in [0.5, 0.6) is 0 Å². The second-order valence-electron chi connectivity index (χ2n) is 6.50. The summed E-state index contributed by atoms with van der Waals surface area (Å²) < 4.78 is 37.9. The molecule has 4 N–H and O–H groups in total. The molecule has 1 aromatic carbocycles. The molecule has 1 heterocycles.